The van der Waals surface area contributed by atoms with Crippen LogP contribution in [0.5, 0.6) is 5.75 Å². The van der Waals surface area contributed by atoms with Crippen LogP contribution in [0.2, 0.25) is 0 Å². The highest BCUT2D eigenvalue weighted by Gasteiger charge is 2.23. The molecule has 0 N–H and O–H groups in total. The first-order chi connectivity index (χ1) is 10.5. The Balaban J connectivity index is 2.18. The van der Waals surface area contributed by atoms with E-state index in [1.165, 1.54) is 5.56 Å². The van der Waals surface area contributed by atoms with E-state index in [1.54, 1.807) is 11.8 Å². The molecule has 5 heteroatoms. The molecular formula is C17H25ClN2O2. The topological polar surface area (TPSA) is 32.8 Å². The molecule has 0 aliphatic carbocycles. The van der Waals surface area contributed by atoms with Crippen molar-refractivity contribution < 1.29 is 9.53 Å². The summed E-state index contributed by atoms with van der Waals surface area (Å²) in [5.41, 5.74) is 2.31. The van der Waals surface area contributed by atoms with Gasteiger partial charge in [0.05, 0.1) is 6.54 Å². The molecule has 0 saturated heterocycles. The predicted octanol–water partition coefficient (Wildman–Crippen LogP) is 2.88. The molecule has 1 atom stereocenters. The Morgan fingerprint density at radius 1 is 1.41 bits per heavy atom. The molecule has 1 heterocycles. The van der Waals surface area contributed by atoms with Gasteiger partial charge in [-0.2, -0.15) is 0 Å². The number of ether oxygens (including phenoxy) is 1. The van der Waals surface area contributed by atoms with Gasteiger partial charge in [-0.15, -0.1) is 11.6 Å². The van der Waals surface area contributed by atoms with Gasteiger partial charge < -0.3 is 9.64 Å². The normalized spacial score (nSPS) is 16.0. The molecule has 4 nitrogen and oxygen atoms in total. The molecule has 22 heavy (non-hydrogen) atoms. The van der Waals surface area contributed by atoms with Crippen LogP contribution in [0.15, 0.2) is 18.2 Å². The van der Waals surface area contributed by atoms with E-state index in [0.29, 0.717) is 19.7 Å². The lowest BCUT2D eigenvalue weighted by molar-refractivity contribution is -0.131. The van der Waals surface area contributed by atoms with E-state index < -0.39 is 5.38 Å². The molecular weight excluding hydrogens is 300 g/mol. The smallest absolute Gasteiger partial charge is 0.240 e. The van der Waals surface area contributed by atoms with E-state index in [9.17, 15) is 4.79 Å². The Morgan fingerprint density at radius 2 is 2.14 bits per heavy atom. The zero-order valence-electron chi connectivity index (χ0n) is 13.6. The van der Waals surface area contributed by atoms with Crippen molar-refractivity contribution in [2.75, 3.05) is 26.2 Å². The number of carbonyl (C=O) groups is 1. The van der Waals surface area contributed by atoms with Crippen LogP contribution in [0, 0.1) is 0 Å². The second-order valence-electron chi connectivity index (χ2n) is 5.63. The van der Waals surface area contributed by atoms with E-state index >= 15 is 0 Å². The molecule has 0 bridgehead atoms. The van der Waals surface area contributed by atoms with Crippen molar-refractivity contribution in [3.05, 3.63) is 29.3 Å². The SMILES string of the molecule is CCN(CC)Cc1ccc2c(c1)CN(C(=O)C(C)Cl)CCO2. The number of halogens is 1. The number of alkyl halides is 1. The van der Waals surface area contributed by atoms with Gasteiger partial charge in [-0.05, 0) is 37.7 Å². The fourth-order valence-electron chi connectivity index (χ4n) is 2.69. The van der Waals surface area contributed by atoms with Gasteiger partial charge in [0, 0.05) is 18.7 Å². The first-order valence-corrected chi connectivity index (χ1v) is 8.38. The summed E-state index contributed by atoms with van der Waals surface area (Å²) in [6, 6.07) is 6.28. The van der Waals surface area contributed by atoms with Gasteiger partial charge in [-0.25, -0.2) is 0 Å². The summed E-state index contributed by atoms with van der Waals surface area (Å²) in [5.74, 6) is 0.841. The van der Waals surface area contributed by atoms with Crippen molar-refractivity contribution in [1.82, 2.24) is 9.80 Å². The van der Waals surface area contributed by atoms with Crippen LogP contribution in [0.1, 0.15) is 31.9 Å². The summed E-state index contributed by atoms with van der Waals surface area (Å²) in [4.78, 5) is 16.3. The van der Waals surface area contributed by atoms with E-state index in [4.69, 9.17) is 16.3 Å². The third kappa shape index (κ3) is 4.14. The van der Waals surface area contributed by atoms with Crippen LogP contribution >= 0.6 is 11.6 Å². The minimum Gasteiger partial charge on any atom is -0.491 e. The summed E-state index contributed by atoms with van der Waals surface area (Å²) in [5, 5.41) is -0.500. The Bertz CT molecular complexity index is 515. The van der Waals surface area contributed by atoms with Gasteiger partial charge in [-0.1, -0.05) is 19.9 Å². The third-order valence-corrected chi connectivity index (χ3v) is 4.24. The number of amides is 1. The number of carbonyl (C=O) groups excluding carboxylic acids is 1. The van der Waals surface area contributed by atoms with Crippen molar-refractivity contribution in [2.24, 2.45) is 0 Å². The Kier molecular flexibility index (Phi) is 6.09. The Morgan fingerprint density at radius 3 is 2.77 bits per heavy atom. The quantitative estimate of drug-likeness (QED) is 0.781. The van der Waals surface area contributed by atoms with E-state index in [-0.39, 0.29) is 5.91 Å². The maximum atomic E-state index is 12.1. The summed E-state index contributed by atoms with van der Waals surface area (Å²) in [7, 11) is 0. The standard InChI is InChI=1S/C17H25ClN2O2/c1-4-19(5-2)11-14-6-7-16-15(10-14)12-20(8-9-22-16)17(21)13(3)18/h6-7,10,13H,4-5,8-9,11-12H2,1-3H3. The Hall–Kier alpha value is -1.26. The fourth-order valence-corrected chi connectivity index (χ4v) is 2.83. The molecule has 2 rings (SSSR count). The molecule has 0 spiro atoms. The molecule has 0 fully saturated rings. The number of rotatable bonds is 5. The first kappa shape index (κ1) is 17.1. The maximum Gasteiger partial charge on any atom is 0.240 e. The fraction of sp³-hybridized carbons (Fsp3) is 0.588. The summed E-state index contributed by atoms with van der Waals surface area (Å²) in [6.07, 6.45) is 0. The molecule has 0 aromatic heterocycles. The first-order valence-electron chi connectivity index (χ1n) is 7.95. The van der Waals surface area contributed by atoms with Crippen LogP contribution in [-0.4, -0.2) is 47.3 Å². The summed E-state index contributed by atoms with van der Waals surface area (Å²) in [6.45, 7) is 10.7. The molecule has 1 aliphatic rings. The zero-order chi connectivity index (χ0) is 16.1. The number of benzene rings is 1. The molecule has 0 radical (unpaired) electrons. The summed E-state index contributed by atoms with van der Waals surface area (Å²) < 4.78 is 5.77. The van der Waals surface area contributed by atoms with Gasteiger partial charge >= 0.3 is 0 Å². The van der Waals surface area contributed by atoms with Crippen molar-refractivity contribution >= 4 is 17.5 Å². The maximum absolute atomic E-state index is 12.1. The highest BCUT2D eigenvalue weighted by atomic mass is 35.5. The van der Waals surface area contributed by atoms with Crippen molar-refractivity contribution in [3.63, 3.8) is 0 Å². The molecule has 1 unspecified atom stereocenters. The van der Waals surface area contributed by atoms with Gasteiger partial charge in [0.15, 0.2) is 0 Å². The van der Waals surface area contributed by atoms with E-state index in [0.717, 1.165) is 30.9 Å². The molecule has 1 aliphatic heterocycles. The van der Waals surface area contributed by atoms with Crippen molar-refractivity contribution in [3.8, 4) is 5.75 Å². The average Bonchev–Trinajstić information content (AvgIpc) is 2.73. The highest BCUT2D eigenvalue weighted by molar-refractivity contribution is 6.30. The molecule has 0 saturated carbocycles. The van der Waals surface area contributed by atoms with E-state index in [2.05, 4.69) is 30.9 Å². The molecule has 1 aromatic carbocycles. The highest BCUT2D eigenvalue weighted by Crippen LogP contribution is 2.25. The number of fused-ring (bicyclic) bond motifs is 1. The average molecular weight is 325 g/mol. The lowest BCUT2D eigenvalue weighted by atomic mass is 10.1. The molecule has 122 valence electrons. The third-order valence-electron chi connectivity index (χ3n) is 4.06. The van der Waals surface area contributed by atoms with Gasteiger partial charge in [0.1, 0.15) is 17.7 Å². The lowest BCUT2D eigenvalue weighted by Gasteiger charge is -2.22. The van der Waals surface area contributed by atoms with Gasteiger partial charge in [-0.3, -0.25) is 9.69 Å². The number of hydrogen-bond donors (Lipinski definition) is 0. The van der Waals surface area contributed by atoms with Crippen LogP contribution in [-0.2, 0) is 17.9 Å². The minimum atomic E-state index is -0.500. The number of hydrogen-bond acceptors (Lipinski definition) is 3. The second kappa shape index (κ2) is 7.84. The monoisotopic (exact) mass is 324 g/mol. The van der Waals surface area contributed by atoms with Crippen molar-refractivity contribution in [2.45, 2.75) is 39.2 Å². The number of nitrogens with zero attached hydrogens (tertiary/aromatic N) is 2. The van der Waals surface area contributed by atoms with Crippen molar-refractivity contribution in [1.29, 1.82) is 0 Å². The minimum absolute atomic E-state index is 0.0349. The molecule has 1 aromatic rings. The van der Waals surface area contributed by atoms with Crippen LogP contribution in [0.3, 0.4) is 0 Å². The largest absolute Gasteiger partial charge is 0.491 e. The molecule has 1 amide bonds. The van der Waals surface area contributed by atoms with Crippen LogP contribution in [0.4, 0.5) is 0 Å². The zero-order valence-corrected chi connectivity index (χ0v) is 14.4. The van der Waals surface area contributed by atoms with E-state index in [1.807, 2.05) is 6.07 Å². The second-order valence-corrected chi connectivity index (χ2v) is 6.28. The summed E-state index contributed by atoms with van der Waals surface area (Å²) >= 11 is 5.94. The van der Waals surface area contributed by atoms with Gasteiger partial charge in [0.2, 0.25) is 5.91 Å². The van der Waals surface area contributed by atoms with Crippen LogP contribution in [0.25, 0.3) is 0 Å². The van der Waals surface area contributed by atoms with Gasteiger partial charge in [0.25, 0.3) is 0 Å². The Labute approximate surface area is 138 Å². The van der Waals surface area contributed by atoms with Crippen LogP contribution < -0.4 is 4.74 Å². The predicted molar refractivity (Wildman–Crippen MR) is 89.3 cm³/mol. The lowest BCUT2D eigenvalue weighted by Crippen LogP contribution is -2.36.